The first kappa shape index (κ1) is 17.0. The van der Waals surface area contributed by atoms with Crippen molar-refractivity contribution in [1.82, 2.24) is 4.72 Å². The van der Waals surface area contributed by atoms with Gasteiger partial charge in [0.05, 0.1) is 5.75 Å². The maximum Gasteiger partial charge on any atom is 0.215 e. The smallest absolute Gasteiger partial charge is 0.214 e. The lowest BCUT2D eigenvalue weighted by molar-refractivity contribution is 0.583. The van der Waals surface area contributed by atoms with Crippen LogP contribution in [0.5, 0.6) is 0 Å². The molecule has 118 valence electrons. The molecule has 22 heavy (non-hydrogen) atoms. The molecule has 3 nitrogen and oxygen atoms in total. The fraction of sp³-hybridized carbons (Fsp3) is 0.250. The summed E-state index contributed by atoms with van der Waals surface area (Å²) in [5.74, 6) is 0.150. The zero-order valence-electron chi connectivity index (χ0n) is 12.3. The second kappa shape index (κ2) is 7.76. The van der Waals surface area contributed by atoms with Gasteiger partial charge in [0.25, 0.3) is 0 Å². The summed E-state index contributed by atoms with van der Waals surface area (Å²) in [4.78, 5) is 1.11. The topological polar surface area (TPSA) is 46.2 Å². The van der Waals surface area contributed by atoms with Gasteiger partial charge in [0, 0.05) is 17.2 Å². The number of hydrogen-bond acceptors (Lipinski definition) is 3. The first-order valence-electron chi connectivity index (χ1n) is 6.86. The molecule has 0 saturated carbocycles. The summed E-state index contributed by atoms with van der Waals surface area (Å²) >= 11 is 1.60. The molecule has 0 spiro atoms. The van der Waals surface area contributed by atoms with E-state index < -0.39 is 10.0 Å². The number of hydrogen-bond donors (Lipinski definition) is 1. The number of aryl methyl sites for hydroxylation is 1. The Hall–Kier alpha value is -1.37. The van der Waals surface area contributed by atoms with Crippen molar-refractivity contribution < 1.29 is 12.8 Å². The molecule has 1 N–H and O–H groups in total. The first-order chi connectivity index (χ1) is 10.4. The van der Waals surface area contributed by atoms with Crippen molar-refractivity contribution in [3.8, 4) is 0 Å². The number of thioether (sulfide) groups is 1. The summed E-state index contributed by atoms with van der Waals surface area (Å²) in [6, 6.07) is 13.6. The summed E-state index contributed by atoms with van der Waals surface area (Å²) in [6.07, 6.45) is 0. The molecule has 0 radical (unpaired) electrons. The van der Waals surface area contributed by atoms with Crippen LogP contribution in [0.1, 0.15) is 11.1 Å². The quantitative estimate of drug-likeness (QED) is 0.621. The molecule has 0 atom stereocenters. The molecule has 0 heterocycles. The third kappa shape index (κ3) is 5.79. The van der Waals surface area contributed by atoms with Gasteiger partial charge in [-0.15, -0.1) is 11.8 Å². The van der Waals surface area contributed by atoms with Crippen LogP contribution in [0.3, 0.4) is 0 Å². The summed E-state index contributed by atoms with van der Waals surface area (Å²) in [7, 11) is -3.39. The molecule has 2 aromatic carbocycles. The van der Waals surface area contributed by atoms with Crippen molar-refractivity contribution in [1.29, 1.82) is 0 Å². The van der Waals surface area contributed by atoms with E-state index in [4.69, 9.17) is 0 Å². The van der Waals surface area contributed by atoms with Gasteiger partial charge in [-0.2, -0.15) is 0 Å². The van der Waals surface area contributed by atoms with Crippen LogP contribution in [0, 0.1) is 12.7 Å². The zero-order valence-corrected chi connectivity index (χ0v) is 13.9. The minimum atomic E-state index is -3.39. The fourth-order valence-corrected chi connectivity index (χ4v) is 3.90. The van der Waals surface area contributed by atoms with Crippen LogP contribution in [0.2, 0.25) is 0 Å². The molecule has 2 aromatic rings. The van der Waals surface area contributed by atoms with Gasteiger partial charge in [-0.05, 0) is 36.8 Å². The standard InChI is InChI=1S/C16H18FNO2S2/c1-13-2-8-16(9-3-13)21-11-10-18-22(19,20)12-14-4-6-15(17)7-5-14/h2-9,18H,10-12H2,1H3. The Morgan fingerprint density at radius 3 is 2.32 bits per heavy atom. The highest BCUT2D eigenvalue weighted by Crippen LogP contribution is 2.17. The molecule has 0 fully saturated rings. The third-order valence-corrected chi connectivity index (χ3v) is 5.35. The van der Waals surface area contributed by atoms with Crippen molar-refractivity contribution in [3.63, 3.8) is 0 Å². The molecule has 0 aromatic heterocycles. The van der Waals surface area contributed by atoms with E-state index in [1.807, 2.05) is 31.2 Å². The Balaban J connectivity index is 1.77. The van der Waals surface area contributed by atoms with E-state index in [2.05, 4.69) is 4.72 Å². The first-order valence-corrected chi connectivity index (χ1v) is 9.50. The van der Waals surface area contributed by atoms with E-state index in [1.54, 1.807) is 11.8 Å². The monoisotopic (exact) mass is 339 g/mol. The van der Waals surface area contributed by atoms with Crippen LogP contribution >= 0.6 is 11.8 Å². The highest BCUT2D eigenvalue weighted by atomic mass is 32.2. The molecule has 0 aliphatic rings. The lowest BCUT2D eigenvalue weighted by atomic mass is 10.2. The van der Waals surface area contributed by atoms with E-state index in [0.29, 0.717) is 17.9 Å². The minimum Gasteiger partial charge on any atom is -0.214 e. The fourth-order valence-electron chi connectivity index (χ4n) is 1.85. The van der Waals surface area contributed by atoms with Crippen molar-refractivity contribution in [2.75, 3.05) is 12.3 Å². The van der Waals surface area contributed by atoms with E-state index in [0.717, 1.165) is 4.90 Å². The van der Waals surface area contributed by atoms with Gasteiger partial charge in [-0.3, -0.25) is 0 Å². The second-order valence-electron chi connectivity index (χ2n) is 4.94. The molecule has 0 saturated heterocycles. The number of rotatable bonds is 7. The molecule has 6 heteroatoms. The summed E-state index contributed by atoms with van der Waals surface area (Å²) < 4.78 is 39.2. The maximum absolute atomic E-state index is 12.8. The molecule has 0 bridgehead atoms. The van der Waals surface area contributed by atoms with Gasteiger partial charge in [-0.1, -0.05) is 29.8 Å². The molecular weight excluding hydrogens is 321 g/mol. The van der Waals surface area contributed by atoms with Gasteiger partial charge in [-0.25, -0.2) is 17.5 Å². The van der Waals surface area contributed by atoms with E-state index >= 15 is 0 Å². The van der Waals surface area contributed by atoms with Crippen molar-refractivity contribution >= 4 is 21.8 Å². The Labute approximate surface area is 135 Å². The molecule has 0 aliphatic carbocycles. The normalized spacial score (nSPS) is 11.5. The predicted molar refractivity (Wildman–Crippen MR) is 88.9 cm³/mol. The largest absolute Gasteiger partial charge is 0.215 e. The van der Waals surface area contributed by atoms with E-state index in [1.165, 1.54) is 29.8 Å². The SMILES string of the molecule is Cc1ccc(SCCNS(=O)(=O)Cc2ccc(F)cc2)cc1. The van der Waals surface area contributed by atoms with Crippen molar-refractivity contribution in [2.24, 2.45) is 0 Å². The lowest BCUT2D eigenvalue weighted by Gasteiger charge is -2.07. The van der Waals surface area contributed by atoms with Crippen LogP contribution < -0.4 is 4.72 Å². The molecule has 0 unspecified atom stereocenters. The van der Waals surface area contributed by atoms with Crippen LogP contribution in [-0.2, 0) is 15.8 Å². The number of halogens is 1. The molecular formula is C16H18FNO2S2. The number of benzene rings is 2. The van der Waals surface area contributed by atoms with E-state index in [9.17, 15) is 12.8 Å². The van der Waals surface area contributed by atoms with Crippen LogP contribution in [-0.4, -0.2) is 20.7 Å². The molecule has 0 aliphatic heterocycles. The lowest BCUT2D eigenvalue weighted by Crippen LogP contribution is -2.27. The number of nitrogens with one attached hydrogen (secondary N) is 1. The minimum absolute atomic E-state index is 0.136. The van der Waals surface area contributed by atoms with Gasteiger partial charge in [0.1, 0.15) is 5.82 Å². The third-order valence-electron chi connectivity index (χ3n) is 2.98. The Morgan fingerprint density at radius 1 is 1.05 bits per heavy atom. The Morgan fingerprint density at radius 2 is 1.68 bits per heavy atom. The number of sulfonamides is 1. The predicted octanol–water partition coefficient (Wildman–Crippen LogP) is 3.35. The average Bonchev–Trinajstić information content (AvgIpc) is 2.48. The van der Waals surface area contributed by atoms with Crippen molar-refractivity contribution in [3.05, 3.63) is 65.5 Å². The van der Waals surface area contributed by atoms with Crippen LogP contribution in [0.25, 0.3) is 0 Å². The summed E-state index contributed by atoms with van der Waals surface area (Å²) in [5, 5.41) is 0. The molecule has 2 rings (SSSR count). The Kier molecular flexibility index (Phi) is 5.99. The highest BCUT2D eigenvalue weighted by Gasteiger charge is 2.10. The van der Waals surface area contributed by atoms with Crippen LogP contribution in [0.15, 0.2) is 53.4 Å². The van der Waals surface area contributed by atoms with Crippen LogP contribution in [0.4, 0.5) is 4.39 Å². The van der Waals surface area contributed by atoms with Gasteiger partial charge < -0.3 is 0 Å². The van der Waals surface area contributed by atoms with E-state index in [-0.39, 0.29) is 11.6 Å². The highest BCUT2D eigenvalue weighted by molar-refractivity contribution is 7.99. The maximum atomic E-state index is 12.8. The van der Waals surface area contributed by atoms with Gasteiger partial charge >= 0.3 is 0 Å². The summed E-state index contributed by atoms with van der Waals surface area (Å²) in [5.41, 5.74) is 1.77. The average molecular weight is 339 g/mol. The van der Waals surface area contributed by atoms with Gasteiger partial charge in [0.15, 0.2) is 0 Å². The van der Waals surface area contributed by atoms with Crippen molar-refractivity contribution in [2.45, 2.75) is 17.6 Å². The summed E-state index contributed by atoms with van der Waals surface area (Å²) in [6.45, 7) is 2.39. The van der Waals surface area contributed by atoms with Gasteiger partial charge in [0.2, 0.25) is 10.0 Å². The Bertz CT molecular complexity index is 698. The second-order valence-corrected chi connectivity index (χ2v) is 7.92. The molecule has 0 amide bonds. The zero-order chi connectivity index (χ0) is 16.0.